The molecule has 10 heteroatoms. The zero-order chi connectivity index (χ0) is 17.0. The van der Waals surface area contributed by atoms with Gasteiger partial charge in [-0.15, -0.1) is 0 Å². The molecule has 1 heterocycles. The molecule has 0 aliphatic carbocycles. The molecule has 0 aromatic rings. The SMILES string of the molecule is CCN(C)[SiH2]C.CCN1[SiH2]N(CC)[SiH2]N(CC)[SiH2]N(CC)[SiH2]1. The largest absolute Gasteiger partial charge is 0.332 e. The van der Waals surface area contributed by atoms with Gasteiger partial charge in [0, 0.05) is 0 Å². The minimum atomic E-state index is -0.0738. The van der Waals surface area contributed by atoms with Gasteiger partial charge >= 0.3 is 0 Å². The molecule has 0 aromatic carbocycles. The van der Waals surface area contributed by atoms with E-state index in [1.54, 1.807) is 0 Å². The molecule has 1 rings (SSSR count). The molecule has 0 atom stereocenters. The van der Waals surface area contributed by atoms with E-state index in [0.29, 0.717) is 0 Å². The van der Waals surface area contributed by atoms with Crippen LogP contribution in [0.1, 0.15) is 34.6 Å². The molecule has 0 amide bonds. The van der Waals surface area contributed by atoms with Gasteiger partial charge in [-0.25, -0.2) is 0 Å². The highest BCUT2D eigenvalue weighted by atomic mass is 28.4. The van der Waals surface area contributed by atoms with E-state index in [9.17, 15) is 0 Å². The van der Waals surface area contributed by atoms with Crippen LogP contribution < -0.4 is 0 Å². The standard InChI is InChI=1S/C8H28N4Si4.C4H13NSi/c1-5-9-13-10(6-2)15-12(8-4)16-11(7-3)14-9;1-4-5(2)6-3/h5-8,13-16H2,1-4H3;4,6H2,1-3H3. The normalized spacial score (nSPS) is 24.5. The second kappa shape index (κ2) is 14.2. The molecule has 0 saturated carbocycles. The van der Waals surface area contributed by atoms with Crippen molar-refractivity contribution in [2.75, 3.05) is 39.8 Å². The summed E-state index contributed by atoms with van der Waals surface area (Å²) in [6.45, 7) is 20.3. The third kappa shape index (κ3) is 9.90. The van der Waals surface area contributed by atoms with Crippen LogP contribution in [0.3, 0.4) is 0 Å². The molecule has 0 spiro atoms. The number of nitrogens with zero attached hydrogens (tertiary/aromatic N) is 5. The number of hydrogen-bond acceptors (Lipinski definition) is 5. The monoisotopic (exact) mass is 395 g/mol. The zero-order valence-electron chi connectivity index (χ0n) is 16.3. The fourth-order valence-corrected chi connectivity index (χ4v) is 18.3. The van der Waals surface area contributed by atoms with Gasteiger partial charge in [0.05, 0.1) is 9.68 Å². The Morgan fingerprint density at radius 2 is 0.955 bits per heavy atom. The van der Waals surface area contributed by atoms with Crippen molar-refractivity contribution in [3.05, 3.63) is 0 Å². The maximum Gasteiger partial charge on any atom is 0.160 e. The molecule has 1 saturated heterocycles. The van der Waals surface area contributed by atoms with E-state index in [1.807, 2.05) is 0 Å². The average molecular weight is 396 g/mol. The minimum absolute atomic E-state index is 0.0738. The third-order valence-corrected chi connectivity index (χ3v) is 17.6. The average Bonchev–Trinajstić information content (AvgIpc) is 2.55. The second-order valence-corrected chi connectivity index (χ2v) is 19.6. The fourth-order valence-electron chi connectivity index (χ4n) is 2.33. The topological polar surface area (TPSA) is 16.2 Å². The van der Waals surface area contributed by atoms with E-state index in [4.69, 9.17) is 0 Å². The second-order valence-electron chi connectivity index (χ2n) is 6.00. The molecule has 0 radical (unpaired) electrons. The summed E-state index contributed by atoms with van der Waals surface area (Å²) in [5.74, 6) is 0. The Hall–Kier alpha value is 0.884. The summed E-state index contributed by atoms with van der Waals surface area (Å²) >= 11 is 0. The summed E-state index contributed by atoms with van der Waals surface area (Å²) in [6, 6.07) is 0. The third-order valence-electron chi connectivity index (χ3n) is 4.47. The lowest BCUT2D eigenvalue weighted by atomic mass is 10.8. The van der Waals surface area contributed by atoms with Crippen molar-refractivity contribution in [1.29, 1.82) is 0 Å². The maximum atomic E-state index is 2.86. The summed E-state index contributed by atoms with van der Waals surface area (Å²) < 4.78 is 13.8. The zero-order valence-corrected chi connectivity index (χ0v) is 23.4. The van der Waals surface area contributed by atoms with Crippen molar-refractivity contribution in [2.24, 2.45) is 0 Å². The Morgan fingerprint density at radius 3 is 1.05 bits per heavy atom. The van der Waals surface area contributed by atoms with Crippen LogP contribution in [0.15, 0.2) is 0 Å². The first-order valence-corrected chi connectivity index (χ1v) is 16.2. The van der Waals surface area contributed by atoms with Crippen LogP contribution in [-0.2, 0) is 0 Å². The van der Waals surface area contributed by atoms with Crippen LogP contribution in [0.2, 0.25) is 6.55 Å². The Morgan fingerprint density at radius 1 is 0.682 bits per heavy atom. The minimum Gasteiger partial charge on any atom is -0.332 e. The first-order valence-electron chi connectivity index (χ1n) is 9.12. The first kappa shape index (κ1) is 22.9. The molecule has 0 aromatic heterocycles. The molecule has 1 fully saturated rings. The summed E-state index contributed by atoms with van der Waals surface area (Å²) in [7, 11) is 2.05. The smallest absolute Gasteiger partial charge is 0.160 e. The lowest BCUT2D eigenvalue weighted by Gasteiger charge is -2.40. The lowest BCUT2D eigenvalue weighted by molar-refractivity contribution is 0.506. The van der Waals surface area contributed by atoms with Crippen molar-refractivity contribution >= 4 is 49.1 Å². The van der Waals surface area contributed by atoms with Crippen LogP contribution in [0.4, 0.5) is 0 Å². The first-order chi connectivity index (χ1) is 10.5. The molecule has 0 bridgehead atoms. The van der Waals surface area contributed by atoms with Crippen molar-refractivity contribution in [2.45, 2.75) is 41.2 Å². The van der Waals surface area contributed by atoms with Crippen molar-refractivity contribution in [3.8, 4) is 0 Å². The van der Waals surface area contributed by atoms with Crippen molar-refractivity contribution < 1.29 is 0 Å². The van der Waals surface area contributed by atoms with Gasteiger partial charge in [-0.1, -0.05) is 41.2 Å². The van der Waals surface area contributed by atoms with Gasteiger partial charge in [0.25, 0.3) is 0 Å². The van der Waals surface area contributed by atoms with Gasteiger partial charge in [0.1, 0.15) is 0 Å². The summed E-state index contributed by atoms with van der Waals surface area (Å²) in [4.78, 5) is 0. The fraction of sp³-hybridized carbons (Fsp3) is 1.00. The van der Waals surface area contributed by atoms with Crippen LogP contribution in [0, 0.1) is 0 Å². The van der Waals surface area contributed by atoms with Crippen LogP contribution in [0.5, 0.6) is 0 Å². The van der Waals surface area contributed by atoms with Gasteiger partial charge in [0.2, 0.25) is 0 Å². The van der Waals surface area contributed by atoms with Gasteiger partial charge in [0.15, 0.2) is 39.4 Å². The van der Waals surface area contributed by atoms with Gasteiger partial charge in [-0.05, 0) is 39.8 Å². The van der Waals surface area contributed by atoms with Crippen LogP contribution >= 0.6 is 0 Å². The lowest BCUT2D eigenvalue weighted by Crippen LogP contribution is -2.60. The van der Waals surface area contributed by atoms with E-state index < -0.39 is 0 Å². The highest BCUT2D eigenvalue weighted by Gasteiger charge is 2.21. The van der Waals surface area contributed by atoms with Crippen molar-refractivity contribution in [1.82, 2.24) is 21.5 Å². The molecular formula is C12H41N5Si5. The summed E-state index contributed by atoms with van der Waals surface area (Å²) in [5.41, 5.74) is 0. The van der Waals surface area contributed by atoms with E-state index in [2.05, 4.69) is 69.7 Å². The Labute approximate surface area is 151 Å². The highest BCUT2D eigenvalue weighted by Crippen LogP contribution is 1.99. The molecule has 134 valence electrons. The highest BCUT2D eigenvalue weighted by molar-refractivity contribution is 6.64. The van der Waals surface area contributed by atoms with Gasteiger partial charge in [-0.2, -0.15) is 0 Å². The molecular weight excluding hydrogens is 355 g/mol. The Bertz CT molecular complexity index is 212. The van der Waals surface area contributed by atoms with Crippen molar-refractivity contribution in [3.63, 3.8) is 0 Å². The predicted molar refractivity (Wildman–Crippen MR) is 116 cm³/mol. The van der Waals surface area contributed by atoms with Crippen LogP contribution in [0.25, 0.3) is 0 Å². The molecule has 1 aliphatic heterocycles. The van der Waals surface area contributed by atoms with E-state index >= 15 is 0 Å². The summed E-state index contributed by atoms with van der Waals surface area (Å²) in [6.07, 6.45) is 0. The molecule has 0 N–H and O–H groups in total. The Balaban J connectivity index is 0.000000626. The number of rotatable bonds is 6. The maximum absolute atomic E-state index is 2.86. The van der Waals surface area contributed by atoms with Gasteiger partial charge in [-0.3, -0.25) is 0 Å². The van der Waals surface area contributed by atoms with E-state index in [-0.39, 0.29) is 49.1 Å². The molecule has 1 aliphatic rings. The van der Waals surface area contributed by atoms with E-state index in [1.165, 1.54) is 32.7 Å². The molecule has 22 heavy (non-hydrogen) atoms. The Kier molecular flexibility index (Phi) is 14.8. The summed E-state index contributed by atoms with van der Waals surface area (Å²) in [5, 5.41) is 0. The molecule has 5 nitrogen and oxygen atoms in total. The van der Waals surface area contributed by atoms with Gasteiger partial charge < -0.3 is 21.5 Å². The van der Waals surface area contributed by atoms with Crippen LogP contribution in [-0.4, -0.2) is 110 Å². The molecule has 0 unspecified atom stereocenters. The predicted octanol–water partition coefficient (Wildman–Crippen LogP) is -2.65. The quantitative estimate of drug-likeness (QED) is 0.455. The van der Waals surface area contributed by atoms with E-state index in [0.717, 1.165) is 0 Å². The number of hydrogen-bond donors (Lipinski definition) is 0.